The SMILES string of the molecule is COC(=O)N[C@H](C(=O)N1CCCC1c1ncc(-c2ccc(-c3csc4c(-c5cnc(C6CCCN6C(=O)[C@H](NC(=O)OC)C(C)C)[nH]5)csc34)cc2)[nH]1)C(C)C. The molecule has 2 saturated heterocycles. The van der Waals surface area contributed by atoms with Crippen molar-refractivity contribution in [2.45, 2.75) is 77.5 Å². The lowest BCUT2D eigenvalue weighted by Gasteiger charge is -2.30. The third-order valence-corrected chi connectivity index (χ3v) is 12.9. The number of H-pyrrole nitrogens is 2. The Kier molecular flexibility index (Phi) is 11.5. The number of thiophene rings is 2. The third-order valence-electron chi connectivity index (χ3n) is 10.8. The van der Waals surface area contributed by atoms with E-state index in [1.807, 2.05) is 49.9 Å². The fourth-order valence-corrected chi connectivity index (χ4v) is 10.2. The first-order valence-electron chi connectivity index (χ1n) is 19.0. The predicted octanol–water partition coefficient (Wildman–Crippen LogP) is 7.50. The van der Waals surface area contributed by atoms with Crippen LogP contribution in [0.4, 0.5) is 9.59 Å². The minimum absolute atomic E-state index is 0.105. The normalized spacial score (nSPS) is 18.1. The van der Waals surface area contributed by atoms with Crippen LogP contribution in [0.25, 0.3) is 43.0 Å². The fourth-order valence-electron chi connectivity index (χ4n) is 7.72. The summed E-state index contributed by atoms with van der Waals surface area (Å²) in [5, 5.41) is 9.75. The van der Waals surface area contributed by atoms with Gasteiger partial charge in [-0.05, 0) is 48.6 Å². The maximum Gasteiger partial charge on any atom is 0.407 e. The number of hydrogen-bond acceptors (Lipinski definition) is 10. The number of ether oxygens (including phenoxy) is 2. The van der Waals surface area contributed by atoms with Crippen molar-refractivity contribution in [2.75, 3.05) is 27.3 Å². The van der Waals surface area contributed by atoms with Crippen LogP contribution in [0.15, 0.2) is 47.4 Å². The average molecular weight is 801 g/mol. The number of aromatic nitrogens is 4. The molecule has 0 spiro atoms. The van der Waals surface area contributed by atoms with E-state index in [0.29, 0.717) is 13.1 Å². The summed E-state index contributed by atoms with van der Waals surface area (Å²) in [6, 6.07) is 6.61. The molecule has 2 aliphatic heterocycles. The van der Waals surface area contributed by atoms with Gasteiger partial charge in [-0.1, -0.05) is 52.0 Å². The van der Waals surface area contributed by atoms with E-state index >= 15 is 0 Å². The number of nitrogens with zero attached hydrogens (tertiary/aromatic N) is 4. The monoisotopic (exact) mass is 800 g/mol. The van der Waals surface area contributed by atoms with Crippen LogP contribution in [0.1, 0.15) is 77.1 Å². The van der Waals surface area contributed by atoms with Crippen molar-refractivity contribution in [1.29, 1.82) is 0 Å². The minimum Gasteiger partial charge on any atom is -0.453 e. The van der Waals surface area contributed by atoms with Gasteiger partial charge in [-0.25, -0.2) is 19.6 Å². The molecule has 4 aromatic heterocycles. The highest BCUT2D eigenvalue weighted by Gasteiger charge is 2.39. The number of hydrogen-bond donors (Lipinski definition) is 4. The zero-order valence-electron chi connectivity index (χ0n) is 32.4. The summed E-state index contributed by atoms with van der Waals surface area (Å²) in [4.78, 5) is 71.2. The largest absolute Gasteiger partial charge is 0.453 e. The summed E-state index contributed by atoms with van der Waals surface area (Å²) >= 11 is 3.39. The molecule has 4 atom stereocenters. The molecular weight excluding hydrogens is 753 g/mol. The van der Waals surface area contributed by atoms with E-state index < -0.39 is 24.3 Å². The summed E-state index contributed by atoms with van der Waals surface area (Å²) in [6.07, 6.45) is 5.68. The molecule has 16 heteroatoms. The third kappa shape index (κ3) is 7.63. The van der Waals surface area contributed by atoms with Gasteiger partial charge in [-0.3, -0.25) is 9.59 Å². The van der Waals surface area contributed by atoms with Crippen LogP contribution < -0.4 is 10.6 Å². The minimum atomic E-state index is -0.688. The second-order valence-electron chi connectivity index (χ2n) is 15.0. The number of nitrogens with one attached hydrogen (secondary N) is 4. The number of rotatable bonds is 11. The number of imidazole rings is 2. The molecule has 5 aromatic rings. The fraction of sp³-hybridized carbons (Fsp3) is 0.450. The second-order valence-corrected chi connectivity index (χ2v) is 16.8. The van der Waals surface area contributed by atoms with Gasteiger partial charge in [0, 0.05) is 35.0 Å². The van der Waals surface area contributed by atoms with E-state index in [0.717, 1.165) is 71.0 Å². The van der Waals surface area contributed by atoms with E-state index in [1.165, 1.54) is 23.6 Å². The Balaban J connectivity index is 1.05. The van der Waals surface area contributed by atoms with Crippen molar-refractivity contribution < 1.29 is 28.7 Å². The quantitative estimate of drug-likeness (QED) is 0.106. The number of alkyl carbamates (subject to hydrolysis) is 2. The number of carbonyl (C=O) groups is 4. The lowest BCUT2D eigenvalue weighted by molar-refractivity contribution is -0.136. The van der Waals surface area contributed by atoms with Crippen molar-refractivity contribution in [3.05, 3.63) is 59.1 Å². The molecule has 4 amide bonds. The van der Waals surface area contributed by atoms with Crippen LogP contribution in [0, 0.1) is 11.8 Å². The van der Waals surface area contributed by atoms with E-state index in [2.05, 4.69) is 55.6 Å². The Hall–Kier alpha value is -5.22. The smallest absolute Gasteiger partial charge is 0.407 e. The summed E-state index contributed by atoms with van der Waals surface area (Å²) in [5.74, 6) is 0.982. The predicted molar refractivity (Wildman–Crippen MR) is 216 cm³/mol. The van der Waals surface area contributed by atoms with Crippen LogP contribution in [0.5, 0.6) is 0 Å². The standard InChI is InChI=1S/C40H48N8O6S2/c1-21(2)31(45-39(51)53-5)37(49)47-15-7-9-29(47)35-41-17-27(43-35)24-13-11-23(12-14-24)25-19-55-34-26(20-56-33(25)34)28-18-42-36(44-28)30-10-8-16-48(30)38(50)32(22(3)4)46-40(52)54-6/h11-14,17-22,29-32H,7-10,15-16H2,1-6H3,(H,41,43)(H,42,44)(H,45,51)(H,46,52)/t29?,30?,31-,32+/m0/s1. The molecule has 14 nitrogen and oxygen atoms in total. The molecule has 296 valence electrons. The van der Waals surface area contributed by atoms with Gasteiger partial charge in [-0.2, -0.15) is 0 Å². The van der Waals surface area contributed by atoms with Gasteiger partial charge in [0.1, 0.15) is 23.7 Å². The van der Waals surface area contributed by atoms with Gasteiger partial charge in [0.2, 0.25) is 11.8 Å². The Morgan fingerprint density at radius 1 is 0.696 bits per heavy atom. The Morgan fingerprint density at radius 3 is 1.64 bits per heavy atom. The highest BCUT2D eigenvalue weighted by atomic mass is 32.1. The van der Waals surface area contributed by atoms with Gasteiger partial charge in [0.05, 0.1) is 59.5 Å². The summed E-state index contributed by atoms with van der Waals surface area (Å²) in [7, 11) is 2.59. The molecule has 0 aliphatic carbocycles. The number of carbonyl (C=O) groups excluding carboxylic acids is 4. The van der Waals surface area contributed by atoms with E-state index in [9.17, 15) is 19.2 Å². The van der Waals surface area contributed by atoms with Gasteiger partial charge >= 0.3 is 12.2 Å². The number of methoxy groups -OCH3 is 2. The molecule has 7 rings (SSSR count). The first-order valence-corrected chi connectivity index (χ1v) is 20.7. The molecule has 0 saturated carbocycles. The second kappa shape index (κ2) is 16.5. The van der Waals surface area contributed by atoms with Crippen LogP contribution in [-0.2, 0) is 19.1 Å². The van der Waals surface area contributed by atoms with Gasteiger partial charge in [0.15, 0.2) is 0 Å². The van der Waals surface area contributed by atoms with Crippen molar-refractivity contribution in [1.82, 2.24) is 40.4 Å². The number of amides is 4. The zero-order valence-corrected chi connectivity index (χ0v) is 34.0. The Labute approximate surface area is 333 Å². The number of fused-ring (bicyclic) bond motifs is 1. The zero-order chi connectivity index (χ0) is 39.7. The molecule has 56 heavy (non-hydrogen) atoms. The Morgan fingerprint density at radius 2 is 1.14 bits per heavy atom. The van der Waals surface area contributed by atoms with Crippen molar-refractivity contribution in [2.24, 2.45) is 11.8 Å². The molecule has 2 aliphatic rings. The maximum atomic E-state index is 13.6. The number of aromatic amines is 2. The molecule has 6 heterocycles. The topological polar surface area (TPSA) is 175 Å². The van der Waals surface area contributed by atoms with Crippen molar-refractivity contribution in [3.8, 4) is 33.6 Å². The highest BCUT2D eigenvalue weighted by molar-refractivity contribution is 7.27. The van der Waals surface area contributed by atoms with E-state index in [-0.39, 0.29) is 35.7 Å². The molecule has 0 radical (unpaired) electrons. The molecule has 0 bridgehead atoms. The molecule has 4 N–H and O–H groups in total. The summed E-state index contributed by atoms with van der Waals surface area (Å²) in [6.45, 7) is 8.81. The van der Waals surface area contributed by atoms with Gasteiger partial charge in [-0.15, -0.1) is 22.7 Å². The Bertz CT molecular complexity index is 2200. The van der Waals surface area contributed by atoms with Crippen LogP contribution >= 0.6 is 22.7 Å². The van der Waals surface area contributed by atoms with E-state index in [1.54, 1.807) is 22.7 Å². The van der Waals surface area contributed by atoms with E-state index in [4.69, 9.17) is 19.4 Å². The lowest BCUT2D eigenvalue weighted by atomic mass is 10.0. The maximum absolute atomic E-state index is 13.6. The van der Waals surface area contributed by atoms with Gasteiger partial charge < -0.3 is 39.9 Å². The average Bonchev–Trinajstić information content (AvgIpc) is 4.04. The molecular formula is C40H48N8O6S2. The van der Waals surface area contributed by atoms with Crippen molar-refractivity contribution >= 4 is 56.1 Å². The summed E-state index contributed by atoms with van der Waals surface area (Å²) in [5.41, 5.74) is 6.08. The first-order chi connectivity index (χ1) is 27.0. The van der Waals surface area contributed by atoms with Crippen molar-refractivity contribution in [3.63, 3.8) is 0 Å². The van der Waals surface area contributed by atoms with Crippen LogP contribution in [0.3, 0.4) is 0 Å². The number of likely N-dealkylation sites (tertiary alicyclic amines) is 2. The number of benzene rings is 1. The molecule has 2 fully saturated rings. The van der Waals surface area contributed by atoms with Crippen LogP contribution in [0.2, 0.25) is 0 Å². The molecule has 2 unspecified atom stereocenters. The lowest BCUT2D eigenvalue weighted by Crippen LogP contribution is -2.51. The van der Waals surface area contributed by atoms with Gasteiger partial charge in [0.25, 0.3) is 0 Å². The highest BCUT2D eigenvalue weighted by Crippen LogP contribution is 2.44. The summed E-state index contributed by atoms with van der Waals surface area (Å²) < 4.78 is 11.9. The van der Waals surface area contributed by atoms with Crippen LogP contribution in [-0.4, -0.2) is 93.1 Å². The first kappa shape index (κ1) is 39.0. The molecule has 1 aromatic carbocycles.